The third kappa shape index (κ3) is 2.18. The van der Waals surface area contributed by atoms with Gasteiger partial charge in [0.1, 0.15) is 0 Å². The molecule has 1 aromatic carbocycles. The first-order chi connectivity index (χ1) is 7.16. The number of benzene rings is 1. The van der Waals surface area contributed by atoms with E-state index in [9.17, 15) is 0 Å². The van der Waals surface area contributed by atoms with Gasteiger partial charge in [0.25, 0.3) is 0 Å². The molecule has 0 amide bonds. The van der Waals surface area contributed by atoms with Gasteiger partial charge < -0.3 is 5.73 Å². The maximum absolute atomic E-state index is 5.50. The van der Waals surface area contributed by atoms with E-state index in [0.29, 0.717) is 11.3 Å². The van der Waals surface area contributed by atoms with Gasteiger partial charge in [-0.25, -0.2) is 4.68 Å². The van der Waals surface area contributed by atoms with Crippen LogP contribution < -0.4 is 5.73 Å². The van der Waals surface area contributed by atoms with Gasteiger partial charge in [-0.15, -0.1) is 5.10 Å². The molecule has 1 aromatic heterocycles. The average molecular weight is 267 g/mol. The zero-order chi connectivity index (χ0) is 10.8. The summed E-state index contributed by atoms with van der Waals surface area (Å²) in [5.74, 6) is 0.287. The standard InChI is InChI=1S/C10H11BrN4/c1-7-4-2-3-5-8(7)6-15-9(11)13-10(12)14-15/h2-5H,6H2,1H3,(H2,12,14). The van der Waals surface area contributed by atoms with Crippen molar-refractivity contribution in [3.63, 3.8) is 0 Å². The van der Waals surface area contributed by atoms with Crippen molar-refractivity contribution in [3.05, 3.63) is 40.1 Å². The molecular weight excluding hydrogens is 256 g/mol. The number of hydrogen-bond donors (Lipinski definition) is 1. The van der Waals surface area contributed by atoms with Gasteiger partial charge in [-0.05, 0) is 34.0 Å². The number of halogens is 1. The molecular formula is C10H11BrN4. The second kappa shape index (κ2) is 4.02. The molecule has 0 spiro atoms. The zero-order valence-electron chi connectivity index (χ0n) is 8.31. The highest BCUT2D eigenvalue weighted by atomic mass is 79.9. The number of aromatic nitrogens is 3. The predicted octanol–water partition coefficient (Wildman–Crippen LogP) is 1.98. The van der Waals surface area contributed by atoms with Crippen LogP contribution in [-0.2, 0) is 6.54 Å². The Labute approximate surface area is 96.3 Å². The highest BCUT2D eigenvalue weighted by Gasteiger charge is 2.06. The molecule has 0 atom stereocenters. The Bertz CT molecular complexity index is 478. The molecule has 78 valence electrons. The minimum Gasteiger partial charge on any atom is -0.366 e. The highest BCUT2D eigenvalue weighted by Crippen LogP contribution is 2.13. The van der Waals surface area contributed by atoms with Crippen molar-refractivity contribution >= 4 is 21.9 Å². The lowest BCUT2D eigenvalue weighted by molar-refractivity contribution is 0.667. The van der Waals surface area contributed by atoms with Crippen LogP contribution in [0.3, 0.4) is 0 Å². The van der Waals surface area contributed by atoms with E-state index in [1.807, 2.05) is 12.1 Å². The molecule has 5 heteroatoms. The largest absolute Gasteiger partial charge is 0.366 e. The van der Waals surface area contributed by atoms with Crippen LogP contribution in [-0.4, -0.2) is 14.8 Å². The first kappa shape index (κ1) is 10.2. The van der Waals surface area contributed by atoms with Gasteiger partial charge in [0.2, 0.25) is 5.95 Å². The maximum atomic E-state index is 5.50. The Balaban J connectivity index is 2.29. The second-order valence-corrected chi connectivity index (χ2v) is 4.03. The zero-order valence-corrected chi connectivity index (χ0v) is 9.90. The highest BCUT2D eigenvalue weighted by molar-refractivity contribution is 9.10. The molecule has 2 rings (SSSR count). The molecule has 0 bridgehead atoms. The predicted molar refractivity (Wildman–Crippen MR) is 62.4 cm³/mol. The topological polar surface area (TPSA) is 56.7 Å². The van der Waals surface area contributed by atoms with Gasteiger partial charge >= 0.3 is 0 Å². The lowest BCUT2D eigenvalue weighted by Crippen LogP contribution is -2.04. The van der Waals surface area contributed by atoms with Crippen molar-refractivity contribution in [1.82, 2.24) is 14.8 Å². The summed E-state index contributed by atoms with van der Waals surface area (Å²) < 4.78 is 2.39. The van der Waals surface area contributed by atoms with Crippen LogP contribution in [0.15, 0.2) is 29.0 Å². The Hall–Kier alpha value is -1.36. The normalized spacial score (nSPS) is 10.5. The summed E-state index contributed by atoms with van der Waals surface area (Å²) in [5.41, 5.74) is 7.94. The van der Waals surface area contributed by atoms with Crippen molar-refractivity contribution < 1.29 is 0 Å². The van der Waals surface area contributed by atoms with Gasteiger partial charge in [0, 0.05) is 0 Å². The summed E-state index contributed by atoms with van der Waals surface area (Å²) in [4.78, 5) is 3.98. The monoisotopic (exact) mass is 266 g/mol. The summed E-state index contributed by atoms with van der Waals surface area (Å²) >= 11 is 3.31. The summed E-state index contributed by atoms with van der Waals surface area (Å²) in [6.07, 6.45) is 0. The molecule has 0 saturated heterocycles. The first-order valence-electron chi connectivity index (χ1n) is 4.57. The summed E-state index contributed by atoms with van der Waals surface area (Å²) in [5, 5.41) is 4.08. The van der Waals surface area contributed by atoms with Crippen molar-refractivity contribution in [2.45, 2.75) is 13.5 Å². The Morgan fingerprint density at radius 2 is 2.13 bits per heavy atom. The van der Waals surface area contributed by atoms with Crippen LogP contribution in [0.1, 0.15) is 11.1 Å². The number of nitrogen functional groups attached to an aromatic ring is 1. The van der Waals surface area contributed by atoms with Gasteiger partial charge in [0.05, 0.1) is 6.54 Å². The van der Waals surface area contributed by atoms with Crippen molar-refractivity contribution in [2.24, 2.45) is 0 Å². The fourth-order valence-corrected chi connectivity index (χ4v) is 1.78. The number of nitrogens with two attached hydrogens (primary N) is 1. The van der Waals surface area contributed by atoms with Crippen LogP contribution >= 0.6 is 15.9 Å². The molecule has 0 radical (unpaired) electrons. The average Bonchev–Trinajstić information content (AvgIpc) is 2.49. The molecule has 15 heavy (non-hydrogen) atoms. The second-order valence-electron chi connectivity index (χ2n) is 3.32. The number of nitrogens with zero attached hydrogens (tertiary/aromatic N) is 3. The molecule has 0 fully saturated rings. The van der Waals surface area contributed by atoms with Crippen molar-refractivity contribution in [2.75, 3.05) is 5.73 Å². The molecule has 0 aliphatic heterocycles. The van der Waals surface area contributed by atoms with E-state index in [1.54, 1.807) is 4.68 Å². The number of rotatable bonds is 2. The SMILES string of the molecule is Cc1ccccc1Cn1nc(N)nc1Br. The summed E-state index contributed by atoms with van der Waals surface area (Å²) in [6, 6.07) is 8.17. The Morgan fingerprint density at radius 1 is 1.40 bits per heavy atom. The van der Waals surface area contributed by atoms with Gasteiger partial charge in [-0.3, -0.25) is 0 Å². The van der Waals surface area contributed by atoms with E-state index < -0.39 is 0 Å². The van der Waals surface area contributed by atoms with Crippen LogP contribution in [0.25, 0.3) is 0 Å². The fraction of sp³-hybridized carbons (Fsp3) is 0.200. The number of aryl methyl sites for hydroxylation is 1. The number of anilines is 1. The third-order valence-electron chi connectivity index (χ3n) is 2.22. The number of hydrogen-bond acceptors (Lipinski definition) is 3. The molecule has 4 nitrogen and oxygen atoms in total. The minimum absolute atomic E-state index is 0.287. The molecule has 0 aliphatic rings. The Morgan fingerprint density at radius 3 is 2.73 bits per heavy atom. The third-order valence-corrected chi connectivity index (χ3v) is 2.81. The minimum atomic E-state index is 0.287. The smallest absolute Gasteiger partial charge is 0.240 e. The first-order valence-corrected chi connectivity index (χ1v) is 5.36. The van der Waals surface area contributed by atoms with Crippen LogP contribution in [0, 0.1) is 6.92 Å². The summed E-state index contributed by atoms with van der Waals surface area (Å²) in [6.45, 7) is 2.75. The summed E-state index contributed by atoms with van der Waals surface area (Å²) in [7, 11) is 0. The maximum Gasteiger partial charge on any atom is 0.240 e. The van der Waals surface area contributed by atoms with Crippen molar-refractivity contribution in [3.8, 4) is 0 Å². The Kier molecular flexibility index (Phi) is 2.73. The van der Waals surface area contributed by atoms with Crippen LogP contribution in [0.5, 0.6) is 0 Å². The molecule has 0 saturated carbocycles. The van der Waals surface area contributed by atoms with Gasteiger partial charge in [0.15, 0.2) is 4.73 Å². The van der Waals surface area contributed by atoms with Crippen molar-refractivity contribution in [1.29, 1.82) is 0 Å². The lowest BCUT2D eigenvalue weighted by atomic mass is 10.1. The van der Waals surface area contributed by atoms with Gasteiger partial charge in [-0.2, -0.15) is 4.98 Å². The van der Waals surface area contributed by atoms with E-state index in [4.69, 9.17) is 5.73 Å². The van der Waals surface area contributed by atoms with Crippen LogP contribution in [0.2, 0.25) is 0 Å². The molecule has 0 unspecified atom stereocenters. The van der Waals surface area contributed by atoms with Crippen LogP contribution in [0.4, 0.5) is 5.95 Å². The van der Waals surface area contributed by atoms with E-state index in [2.05, 4.69) is 45.1 Å². The molecule has 0 aliphatic carbocycles. The van der Waals surface area contributed by atoms with E-state index in [-0.39, 0.29) is 5.95 Å². The van der Waals surface area contributed by atoms with E-state index in [0.717, 1.165) is 0 Å². The quantitative estimate of drug-likeness (QED) is 0.905. The van der Waals surface area contributed by atoms with E-state index >= 15 is 0 Å². The molecule has 2 N–H and O–H groups in total. The van der Waals surface area contributed by atoms with E-state index in [1.165, 1.54) is 11.1 Å². The van der Waals surface area contributed by atoms with Gasteiger partial charge in [-0.1, -0.05) is 24.3 Å². The molecule has 2 aromatic rings. The fourth-order valence-electron chi connectivity index (χ4n) is 1.39. The molecule has 1 heterocycles. The lowest BCUT2D eigenvalue weighted by Gasteiger charge is -2.05.